The Kier molecular flexibility index (Phi) is 5.23. The summed E-state index contributed by atoms with van der Waals surface area (Å²) in [4.78, 5) is 23.5. The minimum Gasteiger partial charge on any atom is -0.492 e. The Hall–Kier alpha value is -3.67. The zero-order chi connectivity index (χ0) is 21.3. The number of nitrogens with two attached hydrogens (primary N) is 1. The maximum Gasteiger partial charge on any atom is 0.248 e. The van der Waals surface area contributed by atoms with Crippen molar-refractivity contribution in [1.82, 2.24) is 0 Å². The number of fused-ring (bicyclic) bond motifs is 1. The maximum absolute atomic E-state index is 13.5. The van der Waals surface area contributed by atoms with Crippen LogP contribution in [0.15, 0.2) is 60.7 Å². The summed E-state index contributed by atoms with van der Waals surface area (Å²) < 4.78 is 25.5. The van der Waals surface area contributed by atoms with E-state index in [1.54, 1.807) is 48.5 Å². The van der Waals surface area contributed by atoms with Crippen LogP contribution in [0.25, 0.3) is 0 Å². The summed E-state index contributed by atoms with van der Waals surface area (Å²) in [5.41, 5.74) is 8.49. The van der Waals surface area contributed by atoms with E-state index >= 15 is 0 Å². The molecule has 0 aromatic heterocycles. The van der Waals surface area contributed by atoms with Crippen LogP contribution in [0.5, 0.6) is 11.5 Å². The molecule has 3 aromatic carbocycles. The lowest BCUT2D eigenvalue weighted by atomic mass is 9.98. The third-order valence-electron chi connectivity index (χ3n) is 5.15. The molecule has 1 atom stereocenters. The lowest BCUT2D eigenvalue weighted by Gasteiger charge is -2.24. The van der Waals surface area contributed by atoms with E-state index in [9.17, 15) is 14.0 Å². The van der Waals surface area contributed by atoms with E-state index in [0.717, 1.165) is 16.7 Å². The molecule has 1 amide bonds. The molecule has 0 unspecified atom stereocenters. The predicted octanol–water partition coefficient (Wildman–Crippen LogP) is 4.37. The van der Waals surface area contributed by atoms with Crippen molar-refractivity contribution in [2.75, 3.05) is 6.61 Å². The summed E-state index contributed by atoms with van der Waals surface area (Å²) in [7, 11) is 0. The van der Waals surface area contributed by atoms with Crippen LogP contribution in [0.4, 0.5) is 4.39 Å². The topological polar surface area (TPSA) is 78.6 Å². The molecule has 0 saturated heterocycles. The number of halogens is 1. The fourth-order valence-electron chi connectivity index (χ4n) is 3.50. The molecule has 0 radical (unpaired) electrons. The predicted molar refractivity (Wildman–Crippen MR) is 109 cm³/mol. The number of amides is 1. The molecule has 0 bridgehead atoms. The SMILES string of the molecule is Cc1c(O[C@@H](c2ccc(F)cc2)c2ccc(C(N)=O)cc2)ccc2c1OCCC2=O. The van der Waals surface area contributed by atoms with Crippen molar-refractivity contribution in [3.63, 3.8) is 0 Å². The van der Waals surface area contributed by atoms with E-state index in [2.05, 4.69) is 0 Å². The highest BCUT2D eigenvalue weighted by molar-refractivity contribution is 6.00. The molecule has 1 aliphatic rings. The molecule has 0 aliphatic carbocycles. The van der Waals surface area contributed by atoms with Crippen LogP contribution in [-0.2, 0) is 0 Å². The molecule has 1 heterocycles. The first-order valence-electron chi connectivity index (χ1n) is 9.55. The number of primary amides is 1. The molecular weight excluding hydrogens is 385 g/mol. The Bertz CT molecular complexity index is 1110. The van der Waals surface area contributed by atoms with Crippen LogP contribution in [-0.4, -0.2) is 18.3 Å². The highest BCUT2D eigenvalue weighted by atomic mass is 19.1. The van der Waals surface area contributed by atoms with E-state index in [0.29, 0.717) is 35.7 Å². The number of Topliss-reactive ketones (excluding diaryl/α,β-unsaturated/α-hetero) is 1. The Morgan fingerprint density at radius 1 is 1.03 bits per heavy atom. The number of carbonyl (C=O) groups is 2. The summed E-state index contributed by atoms with van der Waals surface area (Å²) in [6, 6.07) is 16.2. The minimum absolute atomic E-state index is 0.0445. The van der Waals surface area contributed by atoms with Gasteiger partial charge in [-0.3, -0.25) is 9.59 Å². The second kappa shape index (κ2) is 7.99. The minimum atomic E-state index is -0.566. The van der Waals surface area contributed by atoms with Gasteiger partial charge in [0.1, 0.15) is 23.4 Å². The number of benzene rings is 3. The van der Waals surface area contributed by atoms with Gasteiger partial charge in [0, 0.05) is 17.5 Å². The Labute approximate surface area is 173 Å². The Morgan fingerprint density at radius 3 is 2.30 bits per heavy atom. The van der Waals surface area contributed by atoms with Crippen molar-refractivity contribution in [3.8, 4) is 11.5 Å². The van der Waals surface area contributed by atoms with Gasteiger partial charge in [-0.2, -0.15) is 0 Å². The third kappa shape index (κ3) is 3.76. The van der Waals surface area contributed by atoms with Crippen molar-refractivity contribution in [2.24, 2.45) is 5.73 Å². The van der Waals surface area contributed by atoms with Gasteiger partial charge in [0.15, 0.2) is 5.78 Å². The van der Waals surface area contributed by atoms with Gasteiger partial charge in [0.05, 0.1) is 12.2 Å². The molecule has 152 valence electrons. The summed E-state index contributed by atoms with van der Waals surface area (Å²) in [6.07, 6.45) is -0.208. The first kappa shape index (κ1) is 19.6. The van der Waals surface area contributed by atoms with Crippen LogP contribution >= 0.6 is 0 Å². The second-order valence-corrected chi connectivity index (χ2v) is 7.12. The van der Waals surface area contributed by atoms with Gasteiger partial charge in [-0.05, 0) is 54.4 Å². The van der Waals surface area contributed by atoms with Gasteiger partial charge in [0.25, 0.3) is 0 Å². The zero-order valence-electron chi connectivity index (χ0n) is 16.4. The van der Waals surface area contributed by atoms with Crippen LogP contribution in [0.2, 0.25) is 0 Å². The molecular formula is C24H20FNO4. The highest BCUT2D eigenvalue weighted by Crippen LogP contribution is 2.38. The molecule has 3 aromatic rings. The average Bonchev–Trinajstić information content (AvgIpc) is 2.75. The maximum atomic E-state index is 13.5. The van der Waals surface area contributed by atoms with E-state index in [-0.39, 0.29) is 11.6 Å². The van der Waals surface area contributed by atoms with Gasteiger partial charge in [-0.1, -0.05) is 24.3 Å². The zero-order valence-corrected chi connectivity index (χ0v) is 16.4. The number of hydrogen-bond donors (Lipinski definition) is 1. The van der Waals surface area contributed by atoms with Crippen molar-refractivity contribution < 1.29 is 23.5 Å². The Morgan fingerprint density at radius 2 is 1.67 bits per heavy atom. The fourth-order valence-corrected chi connectivity index (χ4v) is 3.50. The van der Waals surface area contributed by atoms with Crippen LogP contribution in [0.1, 0.15) is 49.9 Å². The van der Waals surface area contributed by atoms with Gasteiger partial charge in [0.2, 0.25) is 5.91 Å². The summed E-state index contributed by atoms with van der Waals surface area (Å²) in [5, 5.41) is 0. The first-order valence-corrected chi connectivity index (χ1v) is 9.55. The van der Waals surface area contributed by atoms with Gasteiger partial charge in [-0.15, -0.1) is 0 Å². The first-order chi connectivity index (χ1) is 14.4. The summed E-state index contributed by atoms with van der Waals surface area (Å²) >= 11 is 0. The smallest absolute Gasteiger partial charge is 0.248 e. The van der Waals surface area contributed by atoms with E-state index in [1.165, 1.54) is 12.1 Å². The molecule has 30 heavy (non-hydrogen) atoms. The van der Waals surface area contributed by atoms with Gasteiger partial charge in [-0.25, -0.2) is 4.39 Å². The second-order valence-electron chi connectivity index (χ2n) is 7.12. The molecule has 0 spiro atoms. The van der Waals surface area contributed by atoms with Gasteiger partial charge >= 0.3 is 0 Å². The fraction of sp³-hybridized carbons (Fsp3) is 0.167. The molecule has 2 N–H and O–H groups in total. The van der Waals surface area contributed by atoms with Crippen LogP contribution in [0.3, 0.4) is 0 Å². The Balaban J connectivity index is 1.74. The standard InChI is InChI=1S/C24H20FNO4/c1-14-21(11-10-19-20(27)12-13-29-22(14)19)30-23(16-6-8-18(25)9-7-16)15-2-4-17(5-3-15)24(26)28/h2-11,23H,12-13H2,1H3,(H2,26,28)/t23-/m1/s1. The third-order valence-corrected chi connectivity index (χ3v) is 5.15. The van der Waals surface area contributed by atoms with Crippen molar-refractivity contribution in [1.29, 1.82) is 0 Å². The molecule has 0 fully saturated rings. The van der Waals surface area contributed by atoms with Crippen molar-refractivity contribution >= 4 is 11.7 Å². The van der Waals surface area contributed by atoms with E-state index in [4.69, 9.17) is 15.2 Å². The molecule has 0 saturated carbocycles. The van der Waals surface area contributed by atoms with E-state index in [1.807, 2.05) is 6.92 Å². The van der Waals surface area contributed by atoms with Crippen molar-refractivity contribution in [2.45, 2.75) is 19.4 Å². The molecule has 1 aliphatic heterocycles. The normalized spacial score (nSPS) is 13.9. The van der Waals surface area contributed by atoms with Crippen molar-refractivity contribution in [3.05, 3.63) is 94.3 Å². The average molecular weight is 405 g/mol. The number of carbonyl (C=O) groups excluding carboxylic acids is 2. The monoisotopic (exact) mass is 405 g/mol. The largest absolute Gasteiger partial charge is 0.492 e. The highest BCUT2D eigenvalue weighted by Gasteiger charge is 2.24. The summed E-state index contributed by atoms with van der Waals surface area (Å²) in [6.45, 7) is 2.18. The van der Waals surface area contributed by atoms with Gasteiger partial charge < -0.3 is 15.2 Å². The quantitative estimate of drug-likeness (QED) is 0.684. The number of ketones is 1. The molecule has 4 rings (SSSR count). The van der Waals surface area contributed by atoms with E-state index < -0.39 is 12.0 Å². The number of rotatable bonds is 5. The van der Waals surface area contributed by atoms with Crippen LogP contribution in [0, 0.1) is 12.7 Å². The lowest BCUT2D eigenvalue weighted by molar-refractivity contribution is 0.0931. The number of hydrogen-bond acceptors (Lipinski definition) is 4. The lowest BCUT2D eigenvalue weighted by Crippen LogP contribution is -2.17. The molecule has 5 nitrogen and oxygen atoms in total. The number of ether oxygens (including phenoxy) is 2. The van der Waals surface area contributed by atoms with Crippen LogP contribution < -0.4 is 15.2 Å². The summed E-state index contributed by atoms with van der Waals surface area (Å²) in [5.74, 6) is 0.261. The molecule has 6 heteroatoms.